The molecule has 2 N–H and O–H groups in total. The van der Waals surface area contributed by atoms with Crippen molar-refractivity contribution in [2.24, 2.45) is 0 Å². The van der Waals surface area contributed by atoms with E-state index < -0.39 is 0 Å². The Labute approximate surface area is 137 Å². The van der Waals surface area contributed by atoms with Crippen molar-refractivity contribution in [3.63, 3.8) is 0 Å². The molecule has 0 bridgehead atoms. The Balaban J connectivity index is 1.85. The maximum absolute atomic E-state index is 6.26. The first-order valence-corrected chi connectivity index (χ1v) is 8.16. The van der Waals surface area contributed by atoms with Crippen LogP contribution in [0.1, 0.15) is 5.56 Å². The lowest BCUT2D eigenvalue weighted by Crippen LogP contribution is -2.35. The Bertz CT molecular complexity index is 1000. The third-order valence-corrected chi connectivity index (χ3v) is 4.96. The number of nitrogens with two attached hydrogens (primary N) is 1. The molecule has 2 aromatic carbocycles. The fourth-order valence-electron chi connectivity index (χ4n) is 2.84. The average molecular weight is 322 g/mol. The van der Waals surface area contributed by atoms with Crippen LogP contribution >= 0.6 is 11.3 Å². The van der Waals surface area contributed by atoms with E-state index in [2.05, 4.69) is 39.9 Å². The second-order valence-electron chi connectivity index (χ2n) is 5.35. The number of benzene rings is 2. The molecule has 5 heteroatoms. The summed E-state index contributed by atoms with van der Waals surface area (Å²) >= 11 is 1.57. The van der Waals surface area contributed by atoms with Crippen molar-refractivity contribution in [3.05, 3.63) is 60.3 Å². The van der Waals surface area contributed by atoms with E-state index in [-0.39, 0.29) is 0 Å². The normalized spacial score (nSPS) is 11.2. The molecule has 0 aliphatic heterocycles. The van der Waals surface area contributed by atoms with Gasteiger partial charge in [0.25, 0.3) is 0 Å². The number of rotatable bonds is 3. The lowest BCUT2D eigenvalue weighted by atomic mass is 10.1. The van der Waals surface area contributed by atoms with E-state index in [1.807, 2.05) is 24.4 Å². The van der Waals surface area contributed by atoms with Gasteiger partial charge in [-0.25, -0.2) is 4.57 Å². The standard InChI is InChI=1S/C18H15N3OS/c1-22-14-7-8-15-16(10-14)23-18(19)21(15)11-13-5-2-4-12-6-3-9-20-17(12)13/h2-10,19H,11H2,1H3/p+1. The molecule has 0 radical (unpaired) electrons. The molecule has 0 amide bonds. The van der Waals surface area contributed by atoms with Crippen molar-refractivity contribution in [3.8, 4) is 5.75 Å². The maximum atomic E-state index is 6.26. The molecule has 0 aliphatic rings. The van der Waals surface area contributed by atoms with E-state index in [4.69, 9.17) is 10.5 Å². The van der Waals surface area contributed by atoms with Gasteiger partial charge in [0.1, 0.15) is 17.8 Å². The molecule has 0 atom stereocenters. The van der Waals surface area contributed by atoms with Crippen LogP contribution in [0.3, 0.4) is 0 Å². The molecule has 4 aromatic rings. The van der Waals surface area contributed by atoms with Crippen molar-refractivity contribution in [1.29, 1.82) is 0 Å². The number of hydrogen-bond acceptors (Lipinski definition) is 4. The molecule has 0 fully saturated rings. The summed E-state index contributed by atoms with van der Waals surface area (Å²) in [6, 6.07) is 16.3. The topological polar surface area (TPSA) is 52.0 Å². The molecule has 4 rings (SSSR count). The van der Waals surface area contributed by atoms with Crippen LogP contribution in [0.25, 0.3) is 21.1 Å². The third kappa shape index (κ3) is 2.39. The van der Waals surface area contributed by atoms with Crippen LogP contribution in [-0.4, -0.2) is 12.1 Å². The van der Waals surface area contributed by atoms with Gasteiger partial charge in [-0.15, -0.1) is 0 Å². The lowest BCUT2D eigenvalue weighted by Gasteiger charge is -2.05. The first-order chi connectivity index (χ1) is 11.3. The molecule has 2 aromatic heterocycles. The van der Waals surface area contributed by atoms with Crippen LogP contribution in [0.4, 0.5) is 5.13 Å². The van der Waals surface area contributed by atoms with Gasteiger partial charge in [0, 0.05) is 23.2 Å². The summed E-state index contributed by atoms with van der Waals surface area (Å²) in [4.78, 5) is 4.53. The fourth-order valence-corrected chi connectivity index (χ4v) is 3.80. The number of aromatic nitrogens is 2. The molecule has 0 spiro atoms. The summed E-state index contributed by atoms with van der Waals surface area (Å²) in [7, 11) is 1.67. The van der Waals surface area contributed by atoms with Gasteiger partial charge in [-0.3, -0.25) is 10.7 Å². The first-order valence-electron chi connectivity index (χ1n) is 7.35. The van der Waals surface area contributed by atoms with Gasteiger partial charge < -0.3 is 4.74 Å². The zero-order valence-electron chi connectivity index (χ0n) is 12.7. The van der Waals surface area contributed by atoms with Gasteiger partial charge in [-0.1, -0.05) is 24.3 Å². The summed E-state index contributed by atoms with van der Waals surface area (Å²) in [5.41, 5.74) is 9.55. The molecule has 0 aliphatic carbocycles. The number of para-hydroxylation sites is 1. The van der Waals surface area contributed by atoms with Crippen molar-refractivity contribution >= 4 is 37.6 Å². The van der Waals surface area contributed by atoms with Gasteiger partial charge in [0.15, 0.2) is 0 Å². The highest BCUT2D eigenvalue weighted by molar-refractivity contribution is 7.21. The third-order valence-electron chi connectivity index (χ3n) is 3.98. The molecule has 23 heavy (non-hydrogen) atoms. The largest absolute Gasteiger partial charge is 0.497 e. The number of pyridine rings is 1. The van der Waals surface area contributed by atoms with Gasteiger partial charge in [0.2, 0.25) is 0 Å². The minimum atomic E-state index is 0.701. The SMILES string of the molecule is COc1ccc2c(c1)sc(N)[n+]2Cc1cccc2cccnc12. The zero-order valence-corrected chi connectivity index (χ0v) is 13.5. The van der Waals surface area contributed by atoms with Crippen LogP contribution in [0.5, 0.6) is 5.75 Å². The smallest absolute Gasteiger partial charge is 0.333 e. The molecular formula is C18H16N3OS+. The molecule has 0 saturated carbocycles. The Kier molecular flexibility index (Phi) is 3.35. The summed E-state index contributed by atoms with van der Waals surface area (Å²) in [5, 5.41) is 1.92. The number of fused-ring (bicyclic) bond motifs is 2. The van der Waals surface area contributed by atoms with Gasteiger partial charge in [-0.2, -0.15) is 0 Å². The van der Waals surface area contributed by atoms with Crippen LogP contribution in [0, 0.1) is 0 Å². The molecule has 2 heterocycles. The van der Waals surface area contributed by atoms with Crippen molar-refractivity contribution in [2.45, 2.75) is 6.54 Å². The van der Waals surface area contributed by atoms with Crippen LogP contribution in [-0.2, 0) is 6.54 Å². The number of nitrogens with zero attached hydrogens (tertiary/aromatic N) is 2. The second kappa shape index (κ2) is 5.52. The van der Waals surface area contributed by atoms with Crippen molar-refractivity contribution in [1.82, 2.24) is 4.98 Å². The molecular weight excluding hydrogens is 306 g/mol. The number of methoxy groups -OCH3 is 1. The van der Waals surface area contributed by atoms with Crippen molar-refractivity contribution in [2.75, 3.05) is 12.8 Å². The van der Waals surface area contributed by atoms with Crippen LogP contribution < -0.4 is 15.0 Å². The second-order valence-corrected chi connectivity index (χ2v) is 6.41. The number of thiazole rings is 1. The lowest BCUT2D eigenvalue weighted by molar-refractivity contribution is -0.643. The average Bonchev–Trinajstić information content (AvgIpc) is 2.90. The maximum Gasteiger partial charge on any atom is 0.333 e. The van der Waals surface area contributed by atoms with E-state index in [1.165, 1.54) is 0 Å². The minimum absolute atomic E-state index is 0.701. The molecule has 4 nitrogen and oxygen atoms in total. The van der Waals surface area contributed by atoms with Gasteiger partial charge in [0.05, 0.1) is 17.3 Å². The summed E-state index contributed by atoms with van der Waals surface area (Å²) in [6.07, 6.45) is 1.83. The van der Waals surface area contributed by atoms with E-state index >= 15 is 0 Å². The van der Waals surface area contributed by atoms with Gasteiger partial charge >= 0.3 is 5.13 Å². The highest BCUT2D eigenvalue weighted by Crippen LogP contribution is 2.27. The van der Waals surface area contributed by atoms with Crippen LogP contribution in [0.2, 0.25) is 0 Å². The summed E-state index contributed by atoms with van der Waals surface area (Å²) in [6.45, 7) is 0.701. The highest BCUT2D eigenvalue weighted by atomic mass is 32.1. The predicted molar refractivity (Wildman–Crippen MR) is 93.8 cm³/mol. The van der Waals surface area contributed by atoms with Crippen LogP contribution in [0.15, 0.2) is 54.7 Å². The van der Waals surface area contributed by atoms with E-state index in [0.717, 1.165) is 37.6 Å². The molecule has 0 unspecified atom stereocenters. The highest BCUT2D eigenvalue weighted by Gasteiger charge is 2.17. The van der Waals surface area contributed by atoms with E-state index in [1.54, 1.807) is 18.4 Å². The van der Waals surface area contributed by atoms with E-state index in [9.17, 15) is 0 Å². The number of hydrogen-bond donors (Lipinski definition) is 1. The minimum Gasteiger partial charge on any atom is -0.497 e. The molecule has 0 saturated heterocycles. The summed E-state index contributed by atoms with van der Waals surface area (Å²) < 4.78 is 8.54. The predicted octanol–water partition coefficient (Wildman–Crippen LogP) is 3.38. The Hall–Kier alpha value is -2.66. The number of ether oxygens (including phenoxy) is 1. The van der Waals surface area contributed by atoms with E-state index in [0.29, 0.717) is 6.54 Å². The Morgan fingerprint density at radius 2 is 2.04 bits per heavy atom. The zero-order chi connectivity index (χ0) is 15.8. The quantitative estimate of drug-likeness (QED) is 0.588. The monoisotopic (exact) mass is 322 g/mol. The van der Waals surface area contributed by atoms with Gasteiger partial charge in [-0.05, 0) is 29.5 Å². The molecule has 114 valence electrons. The van der Waals surface area contributed by atoms with Crippen molar-refractivity contribution < 1.29 is 9.30 Å². The summed E-state index contributed by atoms with van der Waals surface area (Å²) in [5.74, 6) is 0.845. The Morgan fingerprint density at radius 1 is 1.17 bits per heavy atom. The number of anilines is 1. The first kappa shape index (κ1) is 14.0. The Morgan fingerprint density at radius 3 is 2.91 bits per heavy atom. The fraction of sp³-hybridized carbons (Fsp3) is 0.111. The number of nitrogen functional groups attached to an aromatic ring is 1.